The summed E-state index contributed by atoms with van der Waals surface area (Å²) in [5.41, 5.74) is 6.09. The van der Waals surface area contributed by atoms with Gasteiger partial charge in [0.1, 0.15) is 12.8 Å². The summed E-state index contributed by atoms with van der Waals surface area (Å²) in [5.74, 6) is 0.285. The average Bonchev–Trinajstić information content (AvgIpc) is 2.07. The van der Waals surface area contributed by atoms with E-state index in [1.807, 2.05) is 12.1 Å². The van der Waals surface area contributed by atoms with Crippen molar-refractivity contribution in [3.8, 4) is 0 Å². The first-order valence-electron chi connectivity index (χ1n) is 3.12. The Morgan fingerprint density at radius 1 is 1.64 bits per heavy atom. The normalized spacial score (nSPS) is 11.2. The summed E-state index contributed by atoms with van der Waals surface area (Å²) in [7, 11) is 1.44. The van der Waals surface area contributed by atoms with E-state index in [1.54, 1.807) is 12.3 Å². The molecule has 0 aromatic carbocycles. The molecule has 0 amide bonds. The lowest BCUT2D eigenvalue weighted by Crippen LogP contribution is -2.14. The van der Waals surface area contributed by atoms with E-state index in [1.165, 1.54) is 7.11 Å². The van der Waals surface area contributed by atoms with Gasteiger partial charge in [0.2, 0.25) is 0 Å². The second kappa shape index (κ2) is 3.55. The van der Waals surface area contributed by atoms with Gasteiger partial charge in [0, 0.05) is 6.20 Å². The third-order valence-electron chi connectivity index (χ3n) is 1.12. The van der Waals surface area contributed by atoms with E-state index in [2.05, 4.69) is 15.0 Å². The molecule has 58 valence electrons. The van der Waals surface area contributed by atoms with Crippen LogP contribution in [0.1, 0.15) is 5.69 Å². The predicted molar refractivity (Wildman–Crippen MR) is 42.0 cm³/mol. The summed E-state index contributed by atoms with van der Waals surface area (Å²) in [5, 5.41) is 3.53. The standard InChI is InChI=1S/C7H9N3O/c1-11-10-7(8)6-4-2-3-5-9-6/h2-5H,1H3,(H2,8,10). The van der Waals surface area contributed by atoms with Crippen LogP contribution < -0.4 is 5.73 Å². The smallest absolute Gasteiger partial charge is 0.188 e. The second-order valence-electron chi connectivity index (χ2n) is 1.87. The fraction of sp³-hybridized carbons (Fsp3) is 0.143. The lowest BCUT2D eigenvalue weighted by Gasteiger charge is -1.95. The zero-order valence-corrected chi connectivity index (χ0v) is 6.19. The number of nitrogens with zero attached hydrogens (tertiary/aromatic N) is 2. The van der Waals surface area contributed by atoms with E-state index < -0.39 is 0 Å². The van der Waals surface area contributed by atoms with Crippen LogP contribution in [-0.4, -0.2) is 17.9 Å². The Hall–Kier alpha value is -1.58. The maximum absolute atomic E-state index is 5.47. The molecule has 2 N–H and O–H groups in total. The molecular formula is C7H9N3O. The van der Waals surface area contributed by atoms with Crippen LogP contribution in [0.15, 0.2) is 29.6 Å². The molecule has 11 heavy (non-hydrogen) atoms. The molecule has 1 rings (SSSR count). The fourth-order valence-corrected chi connectivity index (χ4v) is 0.659. The van der Waals surface area contributed by atoms with Gasteiger partial charge in [-0.3, -0.25) is 4.98 Å². The van der Waals surface area contributed by atoms with Gasteiger partial charge >= 0.3 is 0 Å². The number of pyridine rings is 1. The molecule has 0 aliphatic heterocycles. The highest BCUT2D eigenvalue weighted by molar-refractivity contribution is 5.95. The number of hydrogen-bond donors (Lipinski definition) is 1. The van der Waals surface area contributed by atoms with Crippen LogP contribution in [-0.2, 0) is 4.84 Å². The molecule has 4 nitrogen and oxygen atoms in total. The summed E-state index contributed by atoms with van der Waals surface area (Å²) in [4.78, 5) is 8.44. The molecule has 0 saturated heterocycles. The summed E-state index contributed by atoms with van der Waals surface area (Å²) in [6.45, 7) is 0. The Kier molecular flexibility index (Phi) is 2.43. The van der Waals surface area contributed by atoms with Gasteiger partial charge in [-0.1, -0.05) is 11.2 Å². The van der Waals surface area contributed by atoms with Gasteiger partial charge < -0.3 is 10.6 Å². The van der Waals surface area contributed by atoms with Crippen LogP contribution in [0.2, 0.25) is 0 Å². The average molecular weight is 151 g/mol. The number of rotatable bonds is 2. The van der Waals surface area contributed by atoms with Gasteiger partial charge in [0.15, 0.2) is 5.84 Å². The van der Waals surface area contributed by atoms with E-state index >= 15 is 0 Å². The molecule has 4 heteroatoms. The van der Waals surface area contributed by atoms with E-state index in [-0.39, 0.29) is 5.84 Å². The van der Waals surface area contributed by atoms with E-state index in [0.29, 0.717) is 5.69 Å². The van der Waals surface area contributed by atoms with E-state index in [9.17, 15) is 0 Å². The Balaban J connectivity index is 2.85. The van der Waals surface area contributed by atoms with Gasteiger partial charge in [0.05, 0.1) is 0 Å². The molecule has 1 heterocycles. The van der Waals surface area contributed by atoms with Crippen molar-refractivity contribution in [1.82, 2.24) is 4.98 Å². The van der Waals surface area contributed by atoms with Crippen molar-refractivity contribution in [2.45, 2.75) is 0 Å². The molecule has 0 unspecified atom stereocenters. The highest BCUT2D eigenvalue weighted by Crippen LogP contribution is 1.91. The molecule has 0 bridgehead atoms. The van der Waals surface area contributed by atoms with E-state index in [4.69, 9.17) is 5.73 Å². The van der Waals surface area contributed by atoms with Gasteiger partial charge in [-0.15, -0.1) is 0 Å². The van der Waals surface area contributed by atoms with Gasteiger partial charge in [-0.05, 0) is 12.1 Å². The topological polar surface area (TPSA) is 60.5 Å². The number of amidine groups is 1. The maximum atomic E-state index is 5.47. The number of nitrogens with two attached hydrogens (primary N) is 1. The summed E-state index contributed by atoms with van der Waals surface area (Å²) in [6.07, 6.45) is 1.65. The summed E-state index contributed by atoms with van der Waals surface area (Å²) >= 11 is 0. The minimum atomic E-state index is 0.285. The molecule has 0 aliphatic rings. The Bertz CT molecular complexity index is 245. The molecule has 1 aromatic heterocycles. The van der Waals surface area contributed by atoms with Crippen LogP contribution >= 0.6 is 0 Å². The van der Waals surface area contributed by atoms with Crippen LogP contribution in [0.4, 0.5) is 0 Å². The first-order chi connectivity index (χ1) is 5.34. The molecule has 0 atom stereocenters. The van der Waals surface area contributed by atoms with Crippen molar-refractivity contribution >= 4 is 5.84 Å². The molecule has 0 aliphatic carbocycles. The highest BCUT2D eigenvalue weighted by atomic mass is 16.6. The minimum absolute atomic E-state index is 0.285. The highest BCUT2D eigenvalue weighted by Gasteiger charge is 1.96. The van der Waals surface area contributed by atoms with Gasteiger partial charge in [-0.2, -0.15) is 0 Å². The third kappa shape index (κ3) is 1.93. The Labute approximate surface area is 64.7 Å². The zero-order valence-electron chi connectivity index (χ0n) is 6.19. The second-order valence-corrected chi connectivity index (χ2v) is 1.87. The molecular weight excluding hydrogens is 142 g/mol. The monoisotopic (exact) mass is 151 g/mol. The summed E-state index contributed by atoms with van der Waals surface area (Å²) < 4.78 is 0. The minimum Gasteiger partial charge on any atom is -0.397 e. The van der Waals surface area contributed by atoms with Crippen molar-refractivity contribution in [1.29, 1.82) is 0 Å². The predicted octanol–water partition coefficient (Wildman–Crippen LogP) is 0.348. The SMILES string of the molecule is CON=C(N)c1ccccn1. The number of hydrogen-bond acceptors (Lipinski definition) is 3. The first-order valence-corrected chi connectivity index (χ1v) is 3.12. The van der Waals surface area contributed by atoms with Crippen LogP contribution in [0.25, 0.3) is 0 Å². The Morgan fingerprint density at radius 2 is 2.45 bits per heavy atom. The quantitative estimate of drug-likeness (QED) is 0.377. The first kappa shape index (κ1) is 7.53. The molecule has 0 radical (unpaired) electrons. The van der Waals surface area contributed by atoms with Crippen LogP contribution in [0.3, 0.4) is 0 Å². The molecule has 0 spiro atoms. The van der Waals surface area contributed by atoms with Crippen LogP contribution in [0.5, 0.6) is 0 Å². The lowest BCUT2D eigenvalue weighted by molar-refractivity contribution is 0.213. The van der Waals surface area contributed by atoms with Crippen molar-refractivity contribution in [2.75, 3.05) is 7.11 Å². The van der Waals surface area contributed by atoms with E-state index in [0.717, 1.165) is 0 Å². The fourth-order valence-electron chi connectivity index (χ4n) is 0.659. The molecule has 0 saturated carbocycles. The van der Waals surface area contributed by atoms with Crippen molar-refractivity contribution in [3.63, 3.8) is 0 Å². The third-order valence-corrected chi connectivity index (χ3v) is 1.12. The number of aromatic nitrogens is 1. The summed E-state index contributed by atoms with van der Waals surface area (Å²) in [6, 6.07) is 5.40. The van der Waals surface area contributed by atoms with Crippen LogP contribution in [0, 0.1) is 0 Å². The van der Waals surface area contributed by atoms with Crippen molar-refractivity contribution in [3.05, 3.63) is 30.1 Å². The van der Waals surface area contributed by atoms with Crippen molar-refractivity contribution in [2.24, 2.45) is 10.9 Å². The lowest BCUT2D eigenvalue weighted by atomic mass is 10.3. The molecule has 0 fully saturated rings. The maximum Gasteiger partial charge on any atom is 0.188 e. The largest absolute Gasteiger partial charge is 0.397 e. The van der Waals surface area contributed by atoms with Gasteiger partial charge in [-0.25, -0.2) is 0 Å². The number of oxime groups is 1. The Morgan fingerprint density at radius 3 is 3.00 bits per heavy atom. The van der Waals surface area contributed by atoms with Gasteiger partial charge in [0.25, 0.3) is 0 Å². The molecule has 1 aromatic rings. The van der Waals surface area contributed by atoms with Crippen molar-refractivity contribution < 1.29 is 4.84 Å². The zero-order chi connectivity index (χ0) is 8.10.